The van der Waals surface area contributed by atoms with Crippen LogP contribution in [-0.2, 0) is 47.5 Å². The number of hydrogen-bond acceptors (Lipinski definition) is 10. The summed E-state index contributed by atoms with van der Waals surface area (Å²) in [4.78, 5) is 0. The Hall–Kier alpha value is -0.340. The number of rotatable bonds is 74. The van der Waals surface area contributed by atoms with E-state index in [0.717, 1.165) is 85.5 Å². The maximum Gasteiger partial charge on any atom is 0.264 e. The normalized spacial score (nSPS) is 17.5. The zero-order valence-corrected chi connectivity index (χ0v) is 67.2. The molecular formula is C83H166O10S2. The standard InChI is InChI=1S/C83H166O10S2/c1-72(2)45-39-47-74(5)49-41-51-76(7)53-43-55-78(9)61-65-90-82(70-92-94(11,84)85)68-88-63-37-33-29-25-21-17-13-15-19-23-27-31-35-57-80-59-60-81(67-80)58-36-32-28-24-20-16-14-18-22-26-30-34-38-64-89-69-83(71-93-95(12,86)87)91-66-62-79(10)56-44-54-77(8)52-42-50-75(6)48-40-46-73(3)4/h72-83H,13-71H2,1-12H3/t74-,75-,76-,77-,78?,79?,80-,81+,82+,83+/m1/s1. The maximum atomic E-state index is 11.7. The van der Waals surface area contributed by atoms with Crippen LogP contribution in [0.25, 0.3) is 0 Å². The maximum absolute atomic E-state index is 11.7. The zero-order valence-electron chi connectivity index (χ0n) is 65.5. The summed E-state index contributed by atoms with van der Waals surface area (Å²) in [7, 11) is -7.05. The Labute approximate surface area is 594 Å². The molecule has 10 nitrogen and oxygen atoms in total. The Morgan fingerprint density at radius 3 is 0.758 bits per heavy atom. The van der Waals surface area contributed by atoms with Crippen molar-refractivity contribution in [1.29, 1.82) is 0 Å². The minimum atomic E-state index is -3.52. The smallest absolute Gasteiger partial charge is 0.264 e. The Kier molecular flexibility index (Phi) is 61.8. The zero-order chi connectivity index (χ0) is 69.9. The van der Waals surface area contributed by atoms with Crippen molar-refractivity contribution >= 4 is 20.2 Å². The van der Waals surface area contributed by atoms with Crippen molar-refractivity contribution in [3.8, 4) is 0 Å². The largest absolute Gasteiger partial charge is 0.379 e. The third-order valence-electron chi connectivity index (χ3n) is 21.5. The van der Waals surface area contributed by atoms with Gasteiger partial charge in [-0.15, -0.1) is 0 Å². The van der Waals surface area contributed by atoms with Crippen molar-refractivity contribution in [1.82, 2.24) is 0 Å². The molecule has 0 aromatic rings. The summed E-state index contributed by atoms with van der Waals surface area (Å²) in [5, 5.41) is 0. The molecule has 0 spiro atoms. The van der Waals surface area contributed by atoms with Crippen molar-refractivity contribution in [3.63, 3.8) is 0 Å². The highest BCUT2D eigenvalue weighted by Crippen LogP contribution is 2.37. The van der Waals surface area contributed by atoms with Crippen molar-refractivity contribution in [3.05, 3.63) is 0 Å². The van der Waals surface area contributed by atoms with Crippen LogP contribution in [0.5, 0.6) is 0 Å². The quantitative estimate of drug-likeness (QED) is 0.0429. The van der Waals surface area contributed by atoms with Crippen LogP contribution in [-0.4, -0.2) is 94.4 Å². The fourth-order valence-electron chi connectivity index (χ4n) is 14.7. The minimum Gasteiger partial charge on any atom is -0.379 e. The summed E-state index contributed by atoms with van der Waals surface area (Å²) in [6.07, 6.45) is 69.7. The van der Waals surface area contributed by atoms with Crippen LogP contribution >= 0.6 is 0 Å². The van der Waals surface area contributed by atoms with Gasteiger partial charge in [-0.05, 0) is 91.3 Å². The molecule has 10 atom stereocenters. The first kappa shape index (κ1) is 92.7. The third kappa shape index (κ3) is 66.6. The molecule has 0 amide bonds. The van der Waals surface area contributed by atoms with Crippen LogP contribution in [0.15, 0.2) is 0 Å². The van der Waals surface area contributed by atoms with Gasteiger partial charge < -0.3 is 18.9 Å². The van der Waals surface area contributed by atoms with Crippen molar-refractivity contribution < 1.29 is 44.1 Å². The summed E-state index contributed by atoms with van der Waals surface area (Å²) < 4.78 is 81.4. The van der Waals surface area contributed by atoms with Crippen LogP contribution in [0.2, 0.25) is 0 Å². The molecule has 12 heteroatoms. The van der Waals surface area contributed by atoms with Crippen molar-refractivity contribution in [2.75, 3.05) is 65.4 Å². The van der Waals surface area contributed by atoms with E-state index in [9.17, 15) is 16.8 Å². The average Bonchev–Trinajstić information content (AvgIpc) is 2.26. The summed E-state index contributed by atoms with van der Waals surface area (Å²) >= 11 is 0. The molecule has 570 valence electrons. The highest BCUT2D eigenvalue weighted by Gasteiger charge is 2.24. The van der Waals surface area contributed by atoms with Gasteiger partial charge in [-0.25, -0.2) is 0 Å². The molecule has 1 rings (SSSR count). The van der Waals surface area contributed by atoms with Gasteiger partial charge in [0, 0.05) is 26.4 Å². The molecule has 1 saturated carbocycles. The number of unbranched alkanes of at least 4 members (excludes halogenated alkanes) is 24. The Morgan fingerprint density at radius 2 is 0.505 bits per heavy atom. The lowest BCUT2D eigenvalue weighted by Crippen LogP contribution is -2.28. The molecule has 1 fully saturated rings. The Morgan fingerprint density at radius 1 is 0.274 bits per heavy atom. The van der Waals surface area contributed by atoms with Crippen LogP contribution in [0, 0.1) is 59.2 Å². The molecule has 0 aliphatic heterocycles. The average molecular weight is 1390 g/mol. The highest BCUT2D eigenvalue weighted by atomic mass is 32.2. The van der Waals surface area contributed by atoms with Crippen molar-refractivity contribution in [2.45, 2.75) is 409 Å². The molecule has 0 heterocycles. The fourth-order valence-corrected chi connectivity index (χ4v) is 15.5. The first-order valence-electron chi connectivity index (χ1n) is 41.7. The second-order valence-corrected chi connectivity index (χ2v) is 36.3. The second-order valence-electron chi connectivity index (χ2n) is 33.0. The van der Waals surface area contributed by atoms with E-state index in [1.165, 1.54) is 302 Å². The van der Waals surface area contributed by atoms with Crippen LogP contribution < -0.4 is 0 Å². The van der Waals surface area contributed by atoms with E-state index < -0.39 is 20.2 Å². The van der Waals surface area contributed by atoms with Gasteiger partial charge in [-0.1, -0.05) is 365 Å². The van der Waals surface area contributed by atoms with E-state index in [1.54, 1.807) is 0 Å². The molecule has 0 aromatic carbocycles. The van der Waals surface area contributed by atoms with Gasteiger partial charge in [0.2, 0.25) is 0 Å². The van der Waals surface area contributed by atoms with E-state index in [4.69, 9.17) is 27.3 Å². The molecule has 1 aliphatic carbocycles. The summed E-state index contributed by atoms with van der Waals surface area (Å²) in [5.74, 6) is 8.15. The number of hydrogen-bond donors (Lipinski definition) is 0. The van der Waals surface area contributed by atoms with Gasteiger partial charge in [-0.3, -0.25) is 8.37 Å². The second kappa shape index (κ2) is 63.4. The monoisotopic (exact) mass is 1390 g/mol. The third-order valence-corrected chi connectivity index (χ3v) is 22.6. The number of ether oxygens (including phenoxy) is 4. The van der Waals surface area contributed by atoms with E-state index >= 15 is 0 Å². The molecule has 0 aromatic heterocycles. The lowest BCUT2D eigenvalue weighted by atomic mass is 9.91. The van der Waals surface area contributed by atoms with E-state index in [-0.39, 0.29) is 25.4 Å². The van der Waals surface area contributed by atoms with Crippen LogP contribution in [0.1, 0.15) is 397 Å². The molecule has 0 radical (unpaired) electrons. The summed E-state index contributed by atoms with van der Waals surface area (Å²) in [5.41, 5.74) is 0. The fraction of sp³-hybridized carbons (Fsp3) is 1.00. The topological polar surface area (TPSA) is 124 Å². The van der Waals surface area contributed by atoms with Gasteiger partial charge in [0.05, 0.1) is 38.9 Å². The van der Waals surface area contributed by atoms with Crippen molar-refractivity contribution in [2.24, 2.45) is 59.2 Å². The van der Waals surface area contributed by atoms with Gasteiger partial charge in [0.1, 0.15) is 12.2 Å². The van der Waals surface area contributed by atoms with Crippen LogP contribution in [0.4, 0.5) is 0 Å². The van der Waals surface area contributed by atoms with Gasteiger partial charge in [0.15, 0.2) is 0 Å². The predicted octanol–water partition coefficient (Wildman–Crippen LogP) is 25.0. The minimum absolute atomic E-state index is 0.0197. The van der Waals surface area contributed by atoms with Gasteiger partial charge in [-0.2, -0.15) is 16.8 Å². The first-order chi connectivity index (χ1) is 45.6. The molecule has 1 aliphatic rings. The lowest BCUT2D eigenvalue weighted by molar-refractivity contribution is -0.0400. The van der Waals surface area contributed by atoms with Gasteiger partial charge in [0.25, 0.3) is 20.2 Å². The van der Waals surface area contributed by atoms with E-state index in [0.29, 0.717) is 51.5 Å². The predicted molar refractivity (Wildman–Crippen MR) is 410 cm³/mol. The molecule has 95 heavy (non-hydrogen) atoms. The molecule has 2 unspecified atom stereocenters. The Bertz CT molecular complexity index is 1720. The SMILES string of the molecule is CC(C)CCC[C@@H](C)CCC[C@@H](C)CCCC(C)CCO[C@@H](COCCCCCCCCCCCCCCC[C@@H]1CC[C@H](CCCCCCCCCCCCCCCOC[C@@H](COS(C)(=O)=O)OCCC(C)CCC[C@H](C)CCC[C@H](C)CCCC(C)C)C1)COS(C)(=O)=O. The highest BCUT2D eigenvalue weighted by molar-refractivity contribution is 7.86. The van der Waals surface area contributed by atoms with Gasteiger partial charge >= 0.3 is 0 Å². The Balaban J connectivity index is 1.95. The molecule has 0 saturated heterocycles. The lowest BCUT2D eigenvalue weighted by Gasteiger charge is -2.19. The first-order valence-corrected chi connectivity index (χ1v) is 45.3. The van der Waals surface area contributed by atoms with E-state index in [2.05, 4.69) is 69.2 Å². The molecule has 0 N–H and O–H groups in total. The summed E-state index contributed by atoms with van der Waals surface area (Å²) in [6.45, 7) is 27.1. The molecule has 0 bridgehead atoms. The van der Waals surface area contributed by atoms with E-state index in [1.807, 2.05) is 0 Å². The summed E-state index contributed by atoms with van der Waals surface area (Å²) in [6, 6.07) is 0. The van der Waals surface area contributed by atoms with Crippen LogP contribution in [0.3, 0.4) is 0 Å². The molecular weight excluding hydrogens is 1220 g/mol.